The van der Waals surface area contributed by atoms with E-state index in [2.05, 4.69) is 19.9 Å². The van der Waals surface area contributed by atoms with Gasteiger partial charge in [-0.2, -0.15) is 0 Å². The fraction of sp³-hybridized carbons (Fsp3) is 0.400. The summed E-state index contributed by atoms with van der Waals surface area (Å²) in [5, 5.41) is 5.23. The zero-order valence-corrected chi connectivity index (χ0v) is 18.1. The van der Waals surface area contributed by atoms with Gasteiger partial charge < -0.3 is 14.4 Å². The molecule has 0 atom stereocenters. The number of benzene rings is 1. The summed E-state index contributed by atoms with van der Waals surface area (Å²) in [4.78, 5) is 29.8. The first-order chi connectivity index (χ1) is 14.9. The van der Waals surface area contributed by atoms with Gasteiger partial charge in [0.25, 0.3) is 0 Å². The monoisotopic (exact) mass is 443 g/mol. The Morgan fingerprint density at radius 2 is 1.84 bits per heavy atom. The van der Waals surface area contributed by atoms with Crippen molar-refractivity contribution in [3.63, 3.8) is 0 Å². The third kappa shape index (κ3) is 4.52. The topological polar surface area (TPSA) is 127 Å². The zero-order chi connectivity index (χ0) is 22.0. The Morgan fingerprint density at radius 3 is 2.48 bits per heavy atom. The molecule has 31 heavy (non-hydrogen) atoms. The van der Waals surface area contributed by atoms with Crippen LogP contribution in [0.4, 0.5) is 5.95 Å². The van der Waals surface area contributed by atoms with Crippen LogP contribution in [-0.4, -0.2) is 64.9 Å². The Balaban J connectivity index is 1.41. The molecular weight excluding hydrogens is 418 g/mol. The van der Waals surface area contributed by atoms with Crippen molar-refractivity contribution in [1.29, 1.82) is 0 Å². The zero-order valence-electron chi connectivity index (χ0n) is 17.3. The lowest BCUT2D eigenvalue weighted by Crippen LogP contribution is -2.49. The van der Waals surface area contributed by atoms with E-state index in [4.69, 9.17) is 5.14 Å². The molecule has 0 spiro atoms. The molecule has 11 heteroatoms. The molecule has 3 heterocycles. The number of hydrogen-bond acceptors (Lipinski definition) is 7. The number of hydrogen-bond donors (Lipinski definition) is 1. The predicted octanol–water partition coefficient (Wildman–Crippen LogP) is 0.775. The summed E-state index contributed by atoms with van der Waals surface area (Å²) in [7, 11) is -3.79. The molecule has 1 aromatic carbocycles. The Kier molecular flexibility index (Phi) is 5.88. The molecule has 1 aliphatic heterocycles. The highest BCUT2D eigenvalue weighted by Crippen LogP contribution is 2.21. The number of rotatable bonds is 6. The van der Waals surface area contributed by atoms with Gasteiger partial charge in [-0.3, -0.25) is 4.79 Å². The Bertz CT molecular complexity index is 1190. The van der Waals surface area contributed by atoms with E-state index in [0.717, 1.165) is 11.3 Å². The number of fused-ring (bicyclic) bond motifs is 1. The van der Waals surface area contributed by atoms with Gasteiger partial charge in [0, 0.05) is 58.0 Å². The summed E-state index contributed by atoms with van der Waals surface area (Å²) in [6.07, 6.45) is 4.25. The van der Waals surface area contributed by atoms with Gasteiger partial charge >= 0.3 is 0 Å². The number of carbonyl (C=O) groups is 1. The second kappa shape index (κ2) is 8.60. The quantitative estimate of drug-likeness (QED) is 0.596. The molecule has 0 bridgehead atoms. The van der Waals surface area contributed by atoms with Crippen LogP contribution in [0.3, 0.4) is 0 Å². The molecule has 1 fully saturated rings. The van der Waals surface area contributed by atoms with Crippen molar-refractivity contribution in [3.8, 4) is 0 Å². The average molecular weight is 444 g/mol. The van der Waals surface area contributed by atoms with Crippen LogP contribution in [0, 0.1) is 0 Å². The molecule has 2 N–H and O–H groups in total. The van der Waals surface area contributed by atoms with Crippen molar-refractivity contribution in [2.45, 2.75) is 31.2 Å². The molecule has 1 amide bonds. The van der Waals surface area contributed by atoms with Gasteiger partial charge in [-0.1, -0.05) is 0 Å². The van der Waals surface area contributed by atoms with E-state index >= 15 is 0 Å². The summed E-state index contributed by atoms with van der Waals surface area (Å²) in [6, 6.07) is 6.45. The lowest BCUT2D eigenvalue weighted by molar-refractivity contribution is -0.131. The van der Waals surface area contributed by atoms with E-state index in [1.165, 1.54) is 12.1 Å². The number of aromatic nitrogens is 4. The van der Waals surface area contributed by atoms with Crippen molar-refractivity contribution in [2.24, 2.45) is 5.14 Å². The lowest BCUT2D eigenvalue weighted by Gasteiger charge is -2.34. The molecule has 1 saturated heterocycles. The number of nitrogens with two attached hydrogens (primary N) is 1. The third-order valence-electron chi connectivity index (χ3n) is 5.47. The highest BCUT2D eigenvalue weighted by molar-refractivity contribution is 7.89. The number of anilines is 1. The molecule has 164 valence electrons. The summed E-state index contributed by atoms with van der Waals surface area (Å²) >= 11 is 0. The van der Waals surface area contributed by atoms with Crippen LogP contribution in [0.2, 0.25) is 0 Å². The normalized spacial score (nSPS) is 14.9. The van der Waals surface area contributed by atoms with Gasteiger partial charge in [0.05, 0.1) is 15.9 Å². The Hall–Kier alpha value is -3.05. The van der Waals surface area contributed by atoms with E-state index in [9.17, 15) is 13.2 Å². The van der Waals surface area contributed by atoms with E-state index in [0.29, 0.717) is 57.0 Å². The first-order valence-electron chi connectivity index (χ1n) is 10.2. The van der Waals surface area contributed by atoms with Crippen molar-refractivity contribution < 1.29 is 13.2 Å². The number of carbonyl (C=O) groups excluding carboxylic acids is 1. The van der Waals surface area contributed by atoms with Crippen LogP contribution < -0.4 is 10.0 Å². The smallest absolute Gasteiger partial charge is 0.238 e. The maximum Gasteiger partial charge on any atom is 0.238 e. The van der Waals surface area contributed by atoms with Crippen LogP contribution in [0.25, 0.3) is 11.0 Å². The minimum Gasteiger partial charge on any atom is -0.339 e. The maximum atomic E-state index is 12.8. The number of nitrogens with zero attached hydrogens (tertiary/aromatic N) is 6. The Labute approximate surface area is 180 Å². The summed E-state index contributed by atoms with van der Waals surface area (Å²) in [6.45, 7) is 5.30. The van der Waals surface area contributed by atoms with Crippen molar-refractivity contribution in [1.82, 2.24) is 24.4 Å². The van der Waals surface area contributed by atoms with E-state index in [1.807, 2.05) is 16.4 Å². The van der Waals surface area contributed by atoms with Crippen LogP contribution in [0.15, 0.2) is 41.6 Å². The second-order valence-corrected chi connectivity index (χ2v) is 8.95. The molecule has 0 unspecified atom stereocenters. The van der Waals surface area contributed by atoms with E-state index in [-0.39, 0.29) is 10.8 Å². The SMILES string of the molecule is CCn1c(CCC(=O)N2CCN(c3ncccn3)CC2)nc2cc(S(N)(=O)=O)ccc21. The summed E-state index contributed by atoms with van der Waals surface area (Å²) < 4.78 is 25.2. The number of imidazole rings is 1. The van der Waals surface area contributed by atoms with E-state index in [1.54, 1.807) is 24.5 Å². The third-order valence-corrected chi connectivity index (χ3v) is 6.38. The van der Waals surface area contributed by atoms with Crippen LogP contribution in [0.5, 0.6) is 0 Å². The van der Waals surface area contributed by atoms with Gasteiger partial charge in [0.1, 0.15) is 5.82 Å². The fourth-order valence-electron chi connectivity index (χ4n) is 3.87. The van der Waals surface area contributed by atoms with Gasteiger partial charge in [0.15, 0.2) is 0 Å². The molecule has 1 aliphatic rings. The minimum absolute atomic E-state index is 0.0312. The standard InChI is InChI=1S/C20H25N7O3S/c1-2-27-17-5-4-15(31(21,29)30)14-16(17)24-18(27)6-7-19(28)25-10-12-26(13-11-25)20-22-8-3-9-23-20/h3-5,8-9,14H,2,6-7,10-13H2,1H3,(H2,21,29,30). The average Bonchev–Trinajstić information content (AvgIpc) is 3.14. The number of piperazine rings is 1. The van der Waals surface area contributed by atoms with Gasteiger partial charge in [-0.15, -0.1) is 0 Å². The molecular formula is C20H25N7O3S. The molecule has 3 aromatic rings. The molecule has 0 radical (unpaired) electrons. The van der Waals surface area contributed by atoms with Gasteiger partial charge in [-0.05, 0) is 31.2 Å². The van der Waals surface area contributed by atoms with Crippen molar-refractivity contribution in [2.75, 3.05) is 31.1 Å². The lowest BCUT2D eigenvalue weighted by atomic mass is 10.2. The molecule has 0 saturated carbocycles. The maximum absolute atomic E-state index is 12.8. The first kappa shape index (κ1) is 21.2. The highest BCUT2D eigenvalue weighted by atomic mass is 32.2. The molecule has 0 aliphatic carbocycles. The van der Waals surface area contributed by atoms with Gasteiger partial charge in [-0.25, -0.2) is 28.5 Å². The van der Waals surface area contributed by atoms with Crippen LogP contribution in [0.1, 0.15) is 19.2 Å². The Morgan fingerprint density at radius 1 is 1.13 bits per heavy atom. The minimum atomic E-state index is -3.79. The number of sulfonamides is 1. The molecule has 10 nitrogen and oxygen atoms in total. The molecule has 2 aromatic heterocycles. The number of aryl methyl sites for hydroxylation is 2. The fourth-order valence-corrected chi connectivity index (χ4v) is 4.40. The second-order valence-electron chi connectivity index (χ2n) is 7.38. The van der Waals surface area contributed by atoms with Crippen molar-refractivity contribution in [3.05, 3.63) is 42.5 Å². The molecule has 4 rings (SSSR count). The predicted molar refractivity (Wildman–Crippen MR) is 116 cm³/mol. The number of amides is 1. The first-order valence-corrected chi connectivity index (χ1v) is 11.7. The van der Waals surface area contributed by atoms with Crippen LogP contribution >= 0.6 is 0 Å². The number of primary sulfonamides is 1. The largest absolute Gasteiger partial charge is 0.339 e. The highest BCUT2D eigenvalue weighted by Gasteiger charge is 2.23. The van der Waals surface area contributed by atoms with Crippen molar-refractivity contribution >= 4 is 32.9 Å². The van der Waals surface area contributed by atoms with E-state index < -0.39 is 10.0 Å². The van der Waals surface area contributed by atoms with Crippen LogP contribution in [-0.2, 0) is 27.8 Å². The van der Waals surface area contributed by atoms with Gasteiger partial charge in [0.2, 0.25) is 21.9 Å². The summed E-state index contributed by atoms with van der Waals surface area (Å²) in [5.74, 6) is 1.52. The summed E-state index contributed by atoms with van der Waals surface area (Å²) in [5.41, 5.74) is 1.39.